The smallest absolute Gasteiger partial charge is 0.323 e. The van der Waals surface area contributed by atoms with Gasteiger partial charge in [0.25, 0.3) is 0 Å². The maximum absolute atomic E-state index is 14.0. The quantitative estimate of drug-likeness (QED) is 0.178. The molecule has 3 heterocycles. The number of likely N-dealkylation sites (N-methyl/N-ethyl adjacent to an activating group) is 1. The van der Waals surface area contributed by atoms with E-state index in [-0.39, 0.29) is 0 Å². The first-order valence-electron chi connectivity index (χ1n) is 15.2. The first-order valence-corrected chi connectivity index (χ1v) is 15.2. The topological polar surface area (TPSA) is 115 Å². The Morgan fingerprint density at radius 2 is 1.68 bits per heavy atom. The summed E-state index contributed by atoms with van der Waals surface area (Å²) in [5.74, 6) is 2.05. The summed E-state index contributed by atoms with van der Waals surface area (Å²) in [6.45, 7) is 9.33. The van der Waals surface area contributed by atoms with E-state index < -0.39 is 12.7 Å². The van der Waals surface area contributed by atoms with Crippen molar-refractivity contribution in [1.82, 2.24) is 29.3 Å². The minimum absolute atomic E-state index is 0.411. The Labute approximate surface area is 256 Å². The molecule has 2 fully saturated rings. The molecule has 0 spiro atoms. The molecule has 0 radical (unpaired) electrons. The first kappa shape index (κ1) is 29.5. The summed E-state index contributed by atoms with van der Waals surface area (Å²) in [5, 5.41) is 12.5. The Balaban J connectivity index is 1.09. The van der Waals surface area contributed by atoms with Crippen LogP contribution in [0.5, 0.6) is 0 Å². The van der Waals surface area contributed by atoms with Crippen LogP contribution in [0.2, 0.25) is 0 Å². The van der Waals surface area contributed by atoms with E-state index in [4.69, 9.17) is 0 Å². The molecule has 1 aliphatic heterocycles. The van der Waals surface area contributed by atoms with Crippen LogP contribution in [0.1, 0.15) is 36.5 Å². The number of aromatic nitrogens is 4. The van der Waals surface area contributed by atoms with E-state index >= 15 is 0 Å². The van der Waals surface area contributed by atoms with Gasteiger partial charge in [-0.05, 0) is 67.3 Å². The zero-order chi connectivity index (χ0) is 30.5. The fourth-order valence-corrected chi connectivity index (χ4v) is 5.31. The number of hydrogen-bond donors (Lipinski definition) is 4. The maximum Gasteiger partial charge on any atom is 0.323 e. The average molecular weight is 599 g/mol. The summed E-state index contributed by atoms with van der Waals surface area (Å²) >= 11 is 0. The number of carbonyl (C=O) groups excluding carboxylic acids is 1. The lowest BCUT2D eigenvalue weighted by atomic mass is 10.1. The Bertz CT molecular complexity index is 1600. The lowest BCUT2D eigenvalue weighted by molar-refractivity contribution is 0.131. The summed E-state index contributed by atoms with van der Waals surface area (Å²) in [7, 11) is 0. The highest BCUT2D eigenvalue weighted by Crippen LogP contribution is 2.27. The van der Waals surface area contributed by atoms with Gasteiger partial charge in [0.2, 0.25) is 5.95 Å². The van der Waals surface area contributed by atoms with E-state index in [2.05, 4.69) is 52.9 Å². The van der Waals surface area contributed by atoms with Crippen LogP contribution >= 0.6 is 0 Å². The van der Waals surface area contributed by atoms with Crippen LogP contribution in [0, 0.1) is 6.92 Å². The number of anilines is 5. The Morgan fingerprint density at radius 3 is 2.43 bits per heavy atom. The number of benzene rings is 2. The molecule has 2 aromatic carbocycles. The number of amides is 2. The molecule has 2 amide bonds. The number of alkyl halides is 1. The van der Waals surface area contributed by atoms with Crippen LogP contribution < -0.4 is 21.3 Å². The summed E-state index contributed by atoms with van der Waals surface area (Å²) in [4.78, 5) is 30.9. The van der Waals surface area contributed by atoms with Gasteiger partial charge in [-0.15, -0.1) is 0 Å². The van der Waals surface area contributed by atoms with Gasteiger partial charge >= 0.3 is 6.03 Å². The molecule has 11 nitrogen and oxygen atoms in total. The normalized spacial score (nSPS) is 15.6. The van der Waals surface area contributed by atoms with E-state index in [0.29, 0.717) is 41.3 Å². The molecule has 0 unspecified atom stereocenters. The molecule has 1 saturated carbocycles. The highest BCUT2D eigenvalue weighted by molar-refractivity contribution is 6.00. The number of imidazole rings is 1. The van der Waals surface area contributed by atoms with E-state index in [1.54, 1.807) is 12.3 Å². The van der Waals surface area contributed by atoms with Crippen LogP contribution in [0.3, 0.4) is 0 Å². The molecular formula is C32H39FN10O. The van der Waals surface area contributed by atoms with Crippen molar-refractivity contribution in [3.05, 3.63) is 77.9 Å². The van der Waals surface area contributed by atoms with E-state index in [1.165, 1.54) is 6.33 Å². The van der Waals surface area contributed by atoms with Crippen molar-refractivity contribution >= 4 is 34.9 Å². The third-order valence-electron chi connectivity index (χ3n) is 8.13. The number of nitrogens with one attached hydrogen (secondary N) is 4. The van der Waals surface area contributed by atoms with Gasteiger partial charge in [-0.25, -0.2) is 24.1 Å². The molecule has 2 aliphatic rings. The molecule has 44 heavy (non-hydrogen) atoms. The molecular weight excluding hydrogens is 559 g/mol. The van der Waals surface area contributed by atoms with Crippen molar-refractivity contribution in [3.8, 4) is 5.82 Å². The number of piperazine rings is 1. The van der Waals surface area contributed by atoms with Crippen LogP contribution in [-0.4, -0.2) is 74.1 Å². The van der Waals surface area contributed by atoms with Crippen molar-refractivity contribution < 1.29 is 9.18 Å². The van der Waals surface area contributed by atoms with Gasteiger partial charge in [0.1, 0.15) is 24.6 Å². The van der Waals surface area contributed by atoms with Crippen molar-refractivity contribution in [1.29, 1.82) is 0 Å². The predicted octanol–water partition coefficient (Wildman–Crippen LogP) is 5.54. The molecule has 1 aliphatic carbocycles. The van der Waals surface area contributed by atoms with Crippen LogP contribution in [0.4, 0.5) is 38.0 Å². The van der Waals surface area contributed by atoms with Crippen molar-refractivity contribution in [2.24, 2.45) is 0 Å². The number of halogens is 1. The van der Waals surface area contributed by atoms with Gasteiger partial charge in [-0.1, -0.05) is 19.1 Å². The molecule has 2 aromatic heterocycles. The largest absolute Gasteiger partial charge is 0.367 e. The molecule has 4 N–H and O–H groups in total. The predicted molar refractivity (Wildman–Crippen MR) is 172 cm³/mol. The third-order valence-corrected chi connectivity index (χ3v) is 8.13. The fourth-order valence-electron chi connectivity index (χ4n) is 5.31. The average Bonchev–Trinajstić information content (AvgIpc) is 3.73. The van der Waals surface area contributed by atoms with E-state index in [9.17, 15) is 9.18 Å². The number of carbonyl (C=O) groups is 1. The fraction of sp³-hybridized carbons (Fsp3) is 0.375. The monoisotopic (exact) mass is 598 g/mol. The molecule has 230 valence electrons. The minimum Gasteiger partial charge on any atom is -0.367 e. The maximum atomic E-state index is 14.0. The molecule has 1 saturated heterocycles. The van der Waals surface area contributed by atoms with Gasteiger partial charge in [0.15, 0.2) is 0 Å². The number of aryl methyl sites for hydroxylation is 1. The second-order valence-electron chi connectivity index (χ2n) is 11.4. The highest BCUT2D eigenvalue weighted by atomic mass is 19.1. The Kier molecular flexibility index (Phi) is 8.99. The molecule has 6 rings (SSSR count). The Morgan fingerprint density at radius 1 is 0.932 bits per heavy atom. The van der Waals surface area contributed by atoms with Gasteiger partial charge in [0.05, 0.1) is 0 Å². The second-order valence-corrected chi connectivity index (χ2v) is 11.4. The third kappa shape index (κ3) is 7.32. The number of nitrogens with zero attached hydrogens (tertiary/aromatic N) is 6. The van der Waals surface area contributed by atoms with Crippen molar-refractivity contribution in [2.45, 2.75) is 46.0 Å². The van der Waals surface area contributed by atoms with Gasteiger partial charge < -0.3 is 26.2 Å². The van der Waals surface area contributed by atoms with Crippen molar-refractivity contribution in [2.75, 3.05) is 54.0 Å². The summed E-state index contributed by atoms with van der Waals surface area (Å²) in [5.41, 5.74) is 4.45. The molecule has 4 aromatic rings. The van der Waals surface area contributed by atoms with Gasteiger partial charge in [-0.2, -0.15) is 0 Å². The van der Waals surface area contributed by atoms with Crippen LogP contribution in [0.25, 0.3) is 5.82 Å². The summed E-state index contributed by atoms with van der Waals surface area (Å²) < 4.78 is 15.8. The molecule has 0 atom stereocenters. The van der Waals surface area contributed by atoms with E-state index in [0.717, 1.165) is 68.2 Å². The Hall–Kier alpha value is -4.55. The standard InChI is InChI=1S/C32H39FN10O/c1-3-41-12-14-42(15-13-41)20-23-5-7-26(16-24(23)19-33)38-32(44)39-27-6-4-22(2)28(17-27)40-31-34-10-11-43(31)30-18-29(35-21-36-30)37-25-8-9-25/h4-7,10-11,16-18,21,25H,3,8-9,12-15,19-20H2,1-2H3,(H,34,40)(H,35,36,37)(H2,38,39,44). The SMILES string of the molecule is CCN1CCN(Cc2ccc(NC(=O)Nc3ccc(C)c(Nc4nccn4-c4cc(NC5CC5)ncn4)c3)cc2CF)CC1. The van der Waals surface area contributed by atoms with Gasteiger partial charge in [0, 0.05) is 74.3 Å². The first-order chi connectivity index (χ1) is 21.5. The summed E-state index contributed by atoms with van der Waals surface area (Å²) in [6.07, 6.45) is 7.38. The molecule has 0 bridgehead atoms. The number of rotatable bonds is 11. The van der Waals surface area contributed by atoms with Crippen molar-refractivity contribution in [3.63, 3.8) is 0 Å². The zero-order valence-electron chi connectivity index (χ0n) is 25.2. The second kappa shape index (κ2) is 13.4. The number of urea groups is 1. The van der Waals surface area contributed by atoms with Crippen LogP contribution in [-0.2, 0) is 13.2 Å². The van der Waals surface area contributed by atoms with Gasteiger partial charge in [-0.3, -0.25) is 9.47 Å². The van der Waals surface area contributed by atoms with E-state index in [1.807, 2.05) is 54.1 Å². The zero-order valence-corrected chi connectivity index (χ0v) is 25.2. The highest BCUT2D eigenvalue weighted by Gasteiger charge is 2.22. The summed E-state index contributed by atoms with van der Waals surface area (Å²) in [6, 6.07) is 13.0. The molecule has 12 heteroatoms. The lowest BCUT2D eigenvalue weighted by Crippen LogP contribution is -2.45. The lowest BCUT2D eigenvalue weighted by Gasteiger charge is -2.34. The van der Waals surface area contributed by atoms with Crippen LogP contribution in [0.15, 0.2) is 61.2 Å². The number of hydrogen-bond acceptors (Lipinski definition) is 8. The minimum atomic E-state index is -0.586.